The third kappa shape index (κ3) is 1.66. The van der Waals surface area contributed by atoms with Gasteiger partial charge < -0.3 is 4.98 Å². The topological polar surface area (TPSA) is 28.7 Å². The monoisotopic (exact) mass is 194 g/mol. The van der Waals surface area contributed by atoms with Crippen LogP contribution >= 0.6 is 12.2 Å². The lowest BCUT2D eigenvalue weighted by Crippen LogP contribution is -2.15. The van der Waals surface area contributed by atoms with E-state index in [1.165, 1.54) is 23.4 Å². The number of nitrogens with zero attached hydrogens (tertiary/aromatic N) is 1. The molecule has 1 atom stereocenters. The second kappa shape index (κ2) is 3.22. The van der Waals surface area contributed by atoms with Gasteiger partial charge in [-0.1, -0.05) is 6.92 Å². The van der Waals surface area contributed by atoms with Crippen molar-refractivity contribution in [1.82, 2.24) is 9.97 Å². The van der Waals surface area contributed by atoms with Crippen LogP contribution in [0.25, 0.3) is 0 Å². The minimum atomic E-state index is 0.630. The van der Waals surface area contributed by atoms with Crippen molar-refractivity contribution in [3.8, 4) is 0 Å². The maximum atomic E-state index is 5.05. The lowest BCUT2D eigenvalue weighted by Gasteiger charge is -2.21. The van der Waals surface area contributed by atoms with Crippen LogP contribution in [0.1, 0.15) is 30.3 Å². The van der Waals surface area contributed by atoms with Crippen LogP contribution in [0.3, 0.4) is 0 Å². The number of fused-ring (bicyclic) bond motifs is 1. The van der Waals surface area contributed by atoms with Crippen LogP contribution in [0, 0.1) is 17.6 Å². The summed E-state index contributed by atoms with van der Waals surface area (Å²) in [5, 5.41) is 0. The Hall–Kier alpha value is -0.700. The minimum Gasteiger partial charge on any atom is -0.335 e. The number of aromatic amines is 1. The van der Waals surface area contributed by atoms with Gasteiger partial charge in [-0.3, -0.25) is 0 Å². The average Bonchev–Trinajstić information content (AvgIpc) is 2.06. The van der Waals surface area contributed by atoms with Crippen molar-refractivity contribution in [3.05, 3.63) is 21.7 Å². The highest BCUT2D eigenvalue weighted by atomic mass is 32.1. The van der Waals surface area contributed by atoms with Gasteiger partial charge in [0.25, 0.3) is 0 Å². The molecule has 2 rings (SSSR count). The summed E-state index contributed by atoms with van der Waals surface area (Å²) in [5.74, 6) is 0.789. The standard InChI is InChI=1S/C10H14N2S/c1-6-3-4-9-8(5-6)7(2)11-10(13)12-9/h6H,3-5H2,1-2H3,(H,11,12,13). The molecule has 70 valence electrons. The van der Waals surface area contributed by atoms with Crippen LogP contribution in [0.2, 0.25) is 0 Å². The Bertz CT molecular complexity index is 381. The fourth-order valence-electron chi connectivity index (χ4n) is 1.98. The Labute approximate surface area is 83.4 Å². The molecule has 0 bridgehead atoms. The van der Waals surface area contributed by atoms with Gasteiger partial charge in [-0.2, -0.15) is 0 Å². The first-order chi connectivity index (χ1) is 6.16. The van der Waals surface area contributed by atoms with Gasteiger partial charge in [-0.25, -0.2) is 4.98 Å². The first-order valence-corrected chi connectivity index (χ1v) is 5.16. The zero-order valence-corrected chi connectivity index (χ0v) is 8.87. The Balaban J connectivity index is 2.53. The van der Waals surface area contributed by atoms with Crippen molar-refractivity contribution in [3.63, 3.8) is 0 Å². The van der Waals surface area contributed by atoms with E-state index in [0.29, 0.717) is 4.77 Å². The van der Waals surface area contributed by atoms with E-state index >= 15 is 0 Å². The molecule has 0 amide bonds. The molecule has 1 aromatic heterocycles. The Morgan fingerprint density at radius 2 is 2.31 bits per heavy atom. The number of hydrogen-bond donors (Lipinski definition) is 1. The highest BCUT2D eigenvalue weighted by Gasteiger charge is 2.17. The van der Waals surface area contributed by atoms with Gasteiger partial charge in [0.2, 0.25) is 0 Å². The smallest absolute Gasteiger partial charge is 0.197 e. The number of aryl methyl sites for hydroxylation is 2. The molecular formula is C10H14N2S. The molecule has 0 saturated heterocycles. The molecule has 2 nitrogen and oxygen atoms in total. The molecule has 0 radical (unpaired) electrons. The van der Waals surface area contributed by atoms with E-state index in [0.717, 1.165) is 18.8 Å². The number of rotatable bonds is 0. The van der Waals surface area contributed by atoms with Crippen molar-refractivity contribution in [1.29, 1.82) is 0 Å². The van der Waals surface area contributed by atoms with E-state index in [4.69, 9.17) is 12.2 Å². The second-order valence-electron chi connectivity index (χ2n) is 3.94. The molecule has 13 heavy (non-hydrogen) atoms. The number of hydrogen-bond acceptors (Lipinski definition) is 2. The quantitative estimate of drug-likeness (QED) is 0.643. The van der Waals surface area contributed by atoms with Gasteiger partial charge in [0, 0.05) is 11.4 Å². The molecule has 1 aliphatic carbocycles. The Kier molecular flexibility index (Phi) is 2.20. The molecule has 3 heteroatoms. The molecule has 0 aliphatic heterocycles. The van der Waals surface area contributed by atoms with E-state index in [-0.39, 0.29) is 0 Å². The largest absolute Gasteiger partial charge is 0.335 e. The fraction of sp³-hybridized carbons (Fsp3) is 0.600. The van der Waals surface area contributed by atoms with Crippen LogP contribution in [0.5, 0.6) is 0 Å². The van der Waals surface area contributed by atoms with Crippen molar-refractivity contribution < 1.29 is 0 Å². The highest BCUT2D eigenvalue weighted by molar-refractivity contribution is 7.71. The van der Waals surface area contributed by atoms with Gasteiger partial charge in [-0.05, 0) is 49.9 Å². The molecule has 0 aromatic carbocycles. The maximum Gasteiger partial charge on any atom is 0.197 e. The summed E-state index contributed by atoms with van der Waals surface area (Å²) in [6, 6.07) is 0. The molecule has 1 aromatic rings. The van der Waals surface area contributed by atoms with E-state index in [1.807, 2.05) is 0 Å². The van der Waals surface area contributed by atoms with Crippen molar-refractivity contribution in [2.45, 2.75) is 33.1 Å². The summed E-state index contributed by atoms with van der Waals surface area (Å²) in [4.78, 5) is 7.49. The SMILES string of the molecule is Cc1[nH]c(=S)nc2c1CC(C)CC2. The van der Waals surface area contributed by atoms with Crippen molar-refractivity contribution in [2.24, 2.45) is 5.92 Å². The van der Waals surface area contributed by atoms with Gasteiger partial charge >= 0.3 is 0 Å². The third-order valence-electron chi connectivity index (χ3n) is 2.76. The molecule has 1 aliphatic rings. The number of nitrogens with one attached hydrogen (secondary N) is 1. The predicted molar refractivity (Wildman–Crippen MR) is 55.3 cm³/mol. The van der Waals surface area contributed by atoms with E-state index in [2.05, 4.69) is 23.8 Å². The van der Waals surface area contributed by atoms with Crippen LogP contribution in [0.15, 0.2) is 0 Å². The van der Waals surface area contributed by atoms with Crippen LogP contribution in [0.4, 0.5) is 0 Å². The van der Waals surface area contributed by atoms with Crippen molar-refractivity contribution >= 4 is 12.2 Å². The first kappa shape index (κ1) is 8.88. The lowest BCUT2D eigenvalue weighted by atomic mass is 9.87. The van der Waals surface area contributed by atoms with Crippen molar-refractivity contribution in [2.75, 3.05) is 0 Å². The van der Waals surface area contributed by atoms with Gasteiger partial charge in [0.1, 0.15) is 0 Å². The number of H-pyrrole nitrogens is 1. The lowest BCUT2D eigenvalue weighted by molar-refractivity contribution is 0.489. The van der Waals surface area contributed by atoms with Gasteiger partial charge in [0.15, 0.2) is 4.77 Å². The fourth-order valence-corrected chi connectivity index (χ4v) is 2.24. The van der Waals surface area contributed by atoms with E-state index < -0.39 is 0 Å². The van der Waals surface area contributed by atoms with E-state index in [1.54, 1.807) is 0 Å². The van der Waals surface area contributed by atoms with Crippen LogP contribution < -0.4 is 0 Å². The zero-order chi connectivity index (χ0) is 9.42. The molecule has 0 fully saturated rings. The summed E-state index contributed by atoms with van der Waals surface area (Å²) < 4.78 is 0.630. The molecule has 1 unspecified atom stereocenters. The third-order valence-corrected chi connectivity index (χ3v) is 2.95. The minimum absolute atomic E-state index is 0.630. The molecule has 0 saturated carbocycles. The molecular weight excluding hydrogens is 180 g/mol. The zero-order valence-electron chi connectivity index (χ0n) is 8.05. The normalized spacial score (nSPS) is 21.2. The highest BCUT2D eigenvalue weighted by Crippen LogP contribution is 2.24. The van der Waals surface area contributed by atoms with Crippen LogP contribution in [-0.2, 0) is 12.8 Å². The summed E-state index contributed by atoms with van der Waals surface area (Å²) in [7, 11) is 0. The predicted octanol–water partition coefficient (Wildman–Crippen LogP) is 2.57. The first-order valence-electron chi connectivity index (χ1n) is 4.75. The van der Waals surface area contributed by atoms with Gasteiger partial charge in [0.05, 0.1) is 0 Å². The Morgan fingerprint density at radius 1 is 1.54 bits per heavy atom. The molecule has 1 N–H and O–H groups in total. The summed E-state index contributed by atoms with van der Waals surface area (Å²) in [5.41, 5.74) is 3.83. The van der Waals surface area contributed by atoms with Crippen LogP contribution in [-0.4, -0.2) is 9.97 Å². The molecule has 1 heterocycles. The Morgan fingerprint density at radius 3 is 3.08 bits per heavy atom. The maximum absolute atomic E-state index is 5.05. The summed E-state index contributed by atoms with van der Waals surface area (Å²) in [6.45, 7) is 4.39. The number of aromatic nitrogens is 2. The summed E-state index contributed by atoms with van der Waals surface area (Å²) in [6.07, 6.45) is 3.49. The van der Waals surface area contributed by atoms with Gasteiger partial charge in [-0.15, -0.1) is 0 Å². The summed E-state index contributed by atoms with van der Waals surface area (Å²) >= 11 is 5.05. The second-order valence-corrected chi connectivity index (χ2v) is 4.33. The van der Waals surface area contributed by atoms with E-state index in [9.17, 15) is 0 Å². The molecule has 0 spiro atoms. The average molecular weight is 194 g/mol.